The number of benzene rings is 2. The van der Waals surface area contributed by atoms with Crippen molar-refractivity contribution < 1.29 is 13.9 Å². The molecule has 30 heavy (non-hydrogen) atoms. The van der Waals surface area contributed by atoms with Crippen molar-refractivity contribution in [2.45, 2.75) is 32.2 Å². The number of carbonyl (C=O) groups excluding carboxylic acids is 1. The molecule has 2 aromatic rings. The molecule has 1 amide bonds. The molecule has 0 aliphatic carbocycles. The number of para-hydroxylation sites is 1. The molecule has 2 saturated heterocycles. The van der Waals surface area contributed by atoms with Crippen LogP contribution in [0.4, 0.5) is 4.39 Å². The quantitative estimate of drug-likeness (QED) is 0.646. The van der Waals surface area contributed by atoms with E-state index in [2.05, 4.69) is 4.90 Å². The van der Waals surface area contributed by atoms with Crippen molar-refractivity contribution >= 4 is 17.5 Å². The Balaban J connectivity index is 1.35. The summed E-state index contributed by atoms with van der Waals surface area (Å²) in [5, 5.41) is 0.475. The number of piperidine rings is 1. The van der Waals surface area contributed by atoms with E-state index in [1.165, 1.54) is 12.1 Å². The van der Waals surface area contributed by atoms with Crippen molar-refractivity contribution in [3.8, 4) is 5.75 Å². The third kappa shape index (κ3) is 5.13. The zero-order valence-electron chi connectivity index (χ0n) is 17.2. The molecule has 0 aromatic heterocycles. The van der Waals surface area contributed by atoms with Gasteiger partial charge in [0, 0.05) is 37.1 Å². The highest BCUT2D eigenvalue weighted by Gasteiger charge is 2.24. The summed E-state index contributed by atoms with van der Waals surface area (Å²) in [5.41, 5.74) is 1.60. The number of halogens is 2. The Morgan fingerprint density at radius 3 is 2.70 bits per heavy atom. The van der Waals surface area contributed by atoms with Gasteiger partial charge in [0.15, 0.2) is 0 Å². The first-order valence-corrected chi connectivity index (χ1v) is 11.2. The van der Waals surface area contributed by atoms with E-state index in [1.54, 1.807) is 6.07 Å². The average molecular weight is 431 g/mol. The van der Waals surface area contributed by atoms with Crippen LogP contribution in [0.5, 0.6) is 5.75 Å². The number of nitrogens with zero attached hydrogens (tertiary/aromatic N) is 2. The Morgan fingerprint density at radius 1 is 1.10 bits per heavy atom. The molecule has 2 aliphatic rings. The highest BCUT2D eigenvalue weighted by Crippen LogP contribution is 2.26. The predicted molar refractivity (Wildman–Crippen MR) is 116 cm³/mol. The van der Waals surface area contributed by atoms with Crippen molar-refractivity contribution in [2.75, 3.05) is 32.8 Å². The number of hydrogen-bond donors (Lipinski definition) is 0. The summed E-state index contributed by atoms with van der Waals surface area (Å²) in [6, 6.07) is 12.2. The lowest BCUT2D eigenvalue weighted by molar-refractivity contribution is 0.0784. The zero-order chi connectivity index (χ0) is 20.9. The lowest BCUT2D eigenvalue weighted by atomic mass is 9.98. The number of ether oxygens (including phenoxy) is 1. The topological polar surface area (TPSA) is 32.8 Å². The van der Waals surface area contributed by atoms with Crippen molar-refractivity contribution in [1.29, 1.82) is 0 Å². The van der Waals surface area contributed by atoms with E-state index in [0.29, 0.717) is 35.4 Å². The van der Waals surface area contributed by atoms with Crippen LogP contribution in [-0.4, -0.2) is 48.5 Å². The SMILES string of the molecule is O=C(c1ccccc1OCC1CCCN(Cc2ccc(F)cc2Cl)C1)N1CCCC1. The molecular weight excluding hydrogens is 403 g/mol. The molecule has 2 aliphatic heterocycles. The van der Waals surface area contributed by atoms with Crippen LogP contribution in [0.3, 0.4) is 0 Å². The van der Waals surface area contributed by atoms with Crippen molar-refractivity contribution in [3.63, 3.8) is 0 Å². The fourth-order valence-corrected chi connectivity index (χ4v) is 4.62. The van der Waals surface area contributed by atoms with Gasteiger partial charge in [-0.1, -0.05) is 29.8 Å². The number of hydrogen-bond acceptors (Lipinski definition) is 3. The Hall–Kier alpha value is -2.11. The van der Waals surface area contributed by atoms with E-state index < -0.39 is 0 Å². The summed E-state index contributed by atoms with van der Waals surface area (Å²) in [6.45, 7) is 4.84. The minimum atomic E-state index is -0.309. The second-order valence-corrected chi connectivity index (χ2v) is 8.69. The molecule has 2 heterocycles. The minimum Gasteiger partial charge on any atom is -0.492 e. The third-order valence-corrected chi connectivity index (χ3v) is 6.35. The van der Waals surface area contributed by atoms with Crippen LogP contribution in [-0.2, 0) is 6.54 Å². The number of likely N-dealkylation sites (tertiary alicyclic amines) is 2. The molecule has 2 aromatic carbocycles. The van der Waals surface area contributed by atoms with E-state index in [4.69, 9.17) is 16.3 Å². The number of amides is 1. The van der Waals surface area contributed by atoms with Gasteiger partial charge < -0.3 is 9.64 Å². The van der Waals surface area contributed by atoms with Crippen LogP contribution in [0.15, 0.2) is 42.5 Å². The summed E-state index contributed by atoms with van der Waals surface area (Å²) in [6.07, 6.45) is 4.33. The van der Waals surface area contributed by atoms with Gasteiger partial charge in [-0.25, -0.2) is 4.39 Å². The van der Waals surface area contributed by atoms with Gasteiger partial charge in [0.25, 0.3) is 5.91 Å². The van der Waals surface area contributed by atoms with Crippen LogP contribution in [0.1, 0.15) is 41.6 Å². The Bertz CT molecular complexity index is 885. The monoisotopic (exact) mass is 430 g/mol. The summed E-state index contributed by atoms with van der Waals surface area (Å²) >= 11 is 6.20. The van der Waals surface area contributed by atoms with E-state index in [-0.39, 0.29) is 11.7 Å². The van der Waals surface area contributed by atoms with Gasteiger partial charge in [0.1, 0.15) is 11.6 Å². The van der Waals surface area contributed by atoms with Gasteiger partial charge in [-0.05, 0) is 62.1 Å². The second kappa shape index (κ2) is 9.80. The van der Waals surface area contributed by atoms with Gasteiger partial charge in [-0.15, -0.1) is 0 Å². The normalized spacial score (nSPS) is 19.8. The van der Waals surface area contributed by atoms with Crippen molar-refractivity contribution in [1.82, 2.24) is 9.80 Å². The summed E-state index contributed by atoms with van der Waals surface area (Å²) < 4.78 is 19.4. The smallest absolute Gasteiger partial charge is 0.257 e. The third-order valence-electron chi connectivity index (χ3n) is 6.00. The molecule has 4 nitrogen and oxygen atoms in total. The van der Waals surface area contributed by atoms with E-state index in [1.807, 2.05) is 29.2 Å². The molecule has 160 valence electrons. The standard InChI is InChI=1S/C24H28ClFN2O2/c25-22-14-20(26)10-9-19(22)16-27-11-5-6-18(15-27)17-30-23-8-2-1-7-21(23)24(29)28-12-3-4-13-28/h1-2,7-10,14,18H,3-6,11-13,15-17H2. The van der Waals surface area contributed by atoms with Crippen molar-refractivity contribution in [2.24, 2.45) is 5.92 Å². The molecule has 0 N–H and O–H groups in total. The van der Waals surface area contributed by atoms with Crippen LogP contribution in [0, 0.1) is 11.7 Å². The summed E-state index contributed by atoms with van der Waals surface area (Å²) in [7, 11) is 0. The lowest BCUT2D eigenvalue weighted by Crippen LogP contribution is -2.37. The number of rotatable bonds is 6. The Labute approximate surface area is 182 Å². The van der Waals surface area contributed by atoms with E-state index >= 15 is 0 Å². The van der Waals surface area contributed by atoms with Crippen LogP contribution < -0.4 is 4.74 Å². The van der Waals surface area contributed by atoms with Gasteiger partial charge in [-0.2, -0.15) is 0 Å². The fourth-order valence-electron chi connectivity index (χ4n) is 4.39. The van der Waals surface area contributed by atoms with Gasteiger partial charge >= 0.3 is 0 Å². The predicted octanol–water partition coefficient (Wildman–Crippen LogP) is 5.01. The van der Waals surface area contributed by atoms with Gasteiger partial charge in [-0.3, -0.25) is 9.69 Å². The van der Waals surface area contributed by atoms with E-state index in [0.717, 1.165) is 57.4 Å². The molecular formula is C24H28ClFN2O2. The molecule has 4 rings (SSSR count). The fraction of sp³-hybridized carbons (Fsp3) is 0.458. The maximum atomic E-state index is 13.3. The van der Waals surface area contributed by atoms with Crippen molar-refractivity contribution in [3.05, 3.63) is 64.4 Å². The molecule has 0 bridgehead atoms. The highest BCUT2D eigenvalue weighted by atomic mass is 35.5. The first-order valence-electron chi connectivity index (χ1n) is 10.8. The van der Waals surface area contributed by atoms with E-state index in [9.17, 15) is 9.18 Å². The zero-order valence-corrected chi connectivity index (χ0v) is 17.9. The molecule has 6 heteroatoms. The summed E-state index contributed by atoms with van der Waals surface area (Å²) in [5.74, 6) is 0.816. The largest absolute Gasteiger partial charge is 0.492 e. The van der Waals surface area contributed by atoms with Crippen LogP contribution in [0.2, 0.25) is 5.02 Å². The maximum absolute atomic E-state index is 13.3. The average Bonchev–Trinajstić information content (AvgIpc) is 3.29. The Kier molecular flexibility index (Phi) is 6.90. The Morgan fingerprint density at radius 2 is 1.90 bits per heavy atom. The molecule has 1 atom stereocenters. The molecule has 2 fully saturated rings. The molecule has 0 radical (unpaired) electrons. The lowest BCUT2D eigenvalue weighted by Gasteiger charge is -2.33. The first-order chi connectivity index (χ1) is 14.6. The molecule has 0 spiro atoms. The minimum absolute atomic E-state index is 0.0688. The first kappa shape index (κ1) is 21.1. The van der Waals surface area contributed by atoms with Crippen LogP contribution in [0.25, 0.3) is 0 Å². The van der Waals surface area contributed by atoms with Gasteiger partial charge in [0.05, 0.1) is 12.2 Å². The van der Waals surface area contributed by atoms with Gasteiger partial charge in [0.2, 0.25) is 0 Å². The molecule has 1 unspecified atom stereocenters. The second-order valence-electron chi connectivity index (χ2n) is 8.29. The highest BCUT2D eigenvalue weighted by molar-refractivity contribution is 6.31. The van der Waals surface area contributed by atoms with Crippen LogP contribution >= 0.6 is 11.6 Å². The molecule has 0 saturated carbocycles. The number of carbonyl (C=O) groups is 1. The summed E-state index contributed by atoms with van der Waals surface area (Å²) in [4.78, 5) is 17.1. The maximum Gasteiger partial charge on any atom is 0.257 e.